The van der Waals surface area contributed by atoms with E-state index in [1.807, 2.05) is 0 Å². The number of allylic oxidation sites excluding steroid dienone is 8. The van der Waals surface area contributed by atoms with Crippen LogP contribution in [0.25, 0.3) is 0 Å². The van der Waals surface area contributed by atoms with Gasteiger partial charge in [-0.3, -0.25) is 12.2 Å². The van der Waals surface area contributed by atoms with Crippen molar-refractivity contribution in [2.75, 3.05) is 0 Å². The van der Waals surface area contributed by atoms with Gasteiger partial charge in [-0.1, -0.05) is 66.2 Å². The minimum atomic E-state index is 0. The molecule has 0 radical (unpaired) electrons. The first-order valence-corrected chi connectivity index (χ1v) is 7.50. The summed E-state index contributed by atoms with van der Waals surface area (Å²) < 4.78 is 0. The largest absolute Gasteiger partial charge is 4.00 e. The van der Waals surface area contributed by atoms with Crippen LogP contribution in [0.5, 0.6) is 0 Å². The molecule has 0 saturated heterocycles. The maximum Gasteiger partial charge on any atom is 4.00 e. The third kappa shape index (κ3) is 5.93. The molecule has 2 aliphatic rings. The van der Waals surface area contributed by atoms with Gasteiger partial charge in [0.15, 0.2) is 0 Å². The SMILES string of the molecule is CC1=[C-]C(C)(C)C(C)=C1C.CC1=[C-]C(C)(C)C(C)=C1C.[F-].[F-].[Zr+4]. The standard InChI is InChI=1S/2C10H15.2FH.Zr/c2*1-7-6-10(4,5)9(3)8(7)2;;;/h2*1-5H3;2*1H;/q2*-1;;;+4/p-2. The molecule has 0 N–H and O–H groups in total. The van der Waals surface area contributed by atoms with Crippen molar-refractivity contribution in [2.45, 2.75) is 69.2 Å². The molecule has 2 aliphatic carbocycles. The predicted molar refractivity (Wildman–Crippen MR) is 89.2 cm³/mol. The van der Waals surface area contributed by atoms with Crippen LogP contribution in [0.2, 0.25) is 0 Å². The Morgan fingerprint density at radius 3 is 0.826 bits per heavy atom. The molecule has 0 unspecified atom stereocenters. The van der Waals surface area contributed by atoms with Gasteiger partial charge in [-0.15, -0.1) is 13.8 Å². The van der Waals surface area contributed by atoms with Crippen molar-refractivity contribution in [1.82, 2.24) is 0 Å². The summed E-state index contributed by atoms with van der Waals surface area (Å²) >= 11 is 0. The first kappa shape index (κ1) is 27.5. The molecule has 0 aromatic rings. The maximum atomic E-state index is 3.44. The fourth-order valence-electron chi connectivity index (χ4n) is 2.81. The Bertz CT molecular complexity index is 494. The number of rotatable bonds is 0. The zero-order chi connectivity index (χ0) is 15.9. The monoisotopic (exact) mass is 398 g/mol. The Hall–Kier alpha value is -0.297. The quantitative estimate of drug-likeness (QED) is 0.512. The van der Waals surface area contributed by atoms with Crippen molar-refractivity contribution in [3.8, 4) is 0 Å². The van der Waals surface area contributed by atoms with E-state index in [0.717, 1.165) is 0 Å². The summed E-state index contributed by atoms with van der Waals surface area (Å²) in [5, 5.41) is 0. The van der Waals surface area contributed by atoms with Gasteiger partial charge < -0.3 is 9.41 Å². The number of hydrogen-bond donors (Lipinski definition) is 0. The van der Waals surface area contributed by atoms with E-state index >= 15 is 0 Å². The van der Waals surface area contributed by atoms with E-state index in [2.05, 4.69) is 81.4 Å². The van der Waals surface area contributed by atoms with Gasteiger partial charge >= 0.3 is 26.2 Å². The van der Waals surface area contributed by atoms with E-state index in [0.29, 0.717) is 0 Å². The van der Waals surface area contributed by atoms with E-state index in [1.165, 1.54) is 33.4 Å². The molecule has 0 saturated carbocycles. The molecule has 0 fully saturated rings. The van der Waals surface area contributed by atoms with Crippen LogP contribution in [0, 0.1) is 23.0 Å². The van der Waals surface area contributed by atoms with Crippen LogP contribution in [-0.4, -0.2) is 0 Å². The van der Waals surface area contributed by atoms with Crippen molar-refractivity contribution in [2.24, 2.45) is 10.8 Å². The van der Waals surface area contributed by atoms with Gasteiger partial charge in [0.1, 0.15) is 0 Å². The molecule has 0 aromatic carbocycles. The van der Waals surface area contributed by atoms with Crippen LogP contribution < -0.4 is 9.41 Å². The van der Waals surface area contributed by atoms with E-state index in [1.54, 1.807) is 0 Å². The molecule has 128 valence electrons. The maximum absolute atomic E-state index is 3.44. The summed E-state index contributed by atoms with van der Waals surface area (Å²) in [4.78, 5) is 0. The van der Waals surface area contributed by atoms with Crippen LogP contribution >= 0.6 is 0 Å². The molecule has 0 aromatic heterocycles. The number of hydrogen-bond acceptors (Lipinski definition) is 0. The van der Waals surface area contributed by atoms with Gasteiger partial charge in [0.25, 0.3) is 0 Å². The van der Waals surface area contributed by atoms with Gasteiger partial charge in [0, 0.05) is 0 Å². The average Bonchev–Trinajstić information content (AvgIpc) is 2.60. The van der Waals surface area contributed by atoms with Gasteiger partial charge in [-0.05, 0) is 0 Å². The topological polar surface area (TPSA) is 0 Å². The minimum absolute atomic E-state index is 0. The first-order valence-electron chi connectivity index (χ1n) is 7.50. The summed E-state index contributed by atoms with van der Waals surface area (Å²) in [6, 6.07) is 0. The zero-order valence-corrected chi connectivity index (χ0v) is 18.7. The van der Waals surface area contributed by atoms with Crippen LogP contribution in [0.15, 0.2) is 33.4 Å². The molecule has 0 heterocycles. The Kier molecular flexibility index (Phi) is 11.1. The Labute approximate surface area is 161 Å². The van der Waals surface area contributed by atoms with Gasteiger partial charge in [0.05, 0.1) is 0 Å². The summed E-state index contributed by atoms with van der Waals surface area (Å²) in [7, 11) is 0. The van der Waals surface area contributed by atoms with Gasteiger partial charge in [-0.25, -0.2) is 11.1 Å². The van der Waals surface area contributed by atoms with Crippen LogP contribution in [0.1, 0.15) is 69.2 Å². The second-order valence-corrected chi connectivity index (χ2v) is 7.25. The summed E-state index contributed by atoms with van der Waals surface area (Å²) in [6.45, 7) is 21.8. The molecule has 0 bridgehead atoms. The smallest absolute Gasteiger partial charge is 1.00 e. The Balaban J connectivity index is -0.000000308. The van der Waals surface area contributed by atoms with Crippen molar-refractivity contribution >= 4 is 0 Å². The van der Waals surface area contributed by atoms with Crippen LogP contribution in [0.3, 0.4) is 0 Å². The van der Waals surface area contributed by atoms with Gasteiger partial charge in [0.2, 0.25) is 0 Å². The van der Waals surface area contributed by atoms with E-state index in [-0.39, 0.29) is 46.4 Å². The molecule has 23 heavy (non-hydrogen) atoms. The Morgan fingerprint density at radius 1 is 0.565 bits per heavy atom. The zero-order valence-electron chi connectivity index (χ0n) is 16.3. The van der Waals surface area contributed by atoms with Crippen LogP contribution in [0.4, 0.5) is 0 Å². The molecule has 0 nitrogen and oxygen atoms in total. The van der Waals surface area contributed by atoms with Gasteiger partial charge in [-0.2, -0.15) is 22.3 Å². The second kappa shape index (κ2) is 9.26. The normalized spacial score (nSPS) is 20.4. The average molecular weight is 400 g/mol. The fraction of sp³-hybridized carbons (Fsp3) is 0.600. The third-order valence-corrected chi connectivity index (χ3v) is 5.12. The number of halogens is 2. The van der Waals surface area contributed by atoms with Crippen molar-refractivity contribution in [1.29, 1.82) is 0 Å². The fourth-order valence-corrected chi connectivity index (χ4v) is 2.81. The minimum Gasteiger partial charge on any atom is -1.00 e. The summed E-state index contributed by atoms with van der Waals surface area (Å²) in [5.41, 5.74) is 8.79. The Morgan fingerprint density at radius 2 is 0.783 bits per heavy atom. The van der Waals surface area contributed by atoms with E-state index in [9.17, 15) is 0 Å². The summed E-state index contributed by atoms with van der Waals surface area (Å²) in [5.74, 6) is 0. The second-order valence-electron chi connectivity index (χ2n) is 7.25. The van der Waals surface area contributed by atoms with E-state index in [4.69, 9.17) is 0 Å². The molecule has 0 amide bonds. The van der Waals surface area contributed by atoms with Crippen molar-refractivity contribution in [3.05, 3.63) is 45.6 Å². The third-order valence-electron chi connectivity index (χ3n) is 5.12. The molecule has 2 rings (SSSR count). The first-order chi connectivity index (χ1) is 8.90. The van der Waals surface area contributed by atoms with Crippen molar-refractivity contribution in [3.63, 3.8) is 0 Å². The molecule has 0 atom stereocenters. The molecule has 3 heteroatoms. The van der Waals surface area contributed by atoms with Crippen molar-refractivity contribution < 1.29 is 35.6 Å². The molecular formula is C20H30F2Zr. The van der Waals surface area contributed by atoms with Crippen LogP contribution in [-0.2, 0) is 26.2 Å². The summed E-state index contributed by atoms with van der Waals surface area (Å²) in [6.07, 6.45) is 6.87. The molecule has 0 spiro atoms. The molecular weight excluding hydrogens is 369 g/mol. The molecule has 0 aliphatic heterocycles. The van der Waals surface area contributed by atoms with E-state index < -0.39 is 0 Å². The predicted octanol–water partition coefficient (Wildman–Crippen LogP) is 0.230.